The van der Waals surface area contributed by atoms with E-state index < -0.39 is 0 Å². The lowest BCUT2D eigenvalue weighted by atomic mass is 10.1. The minimum absolute atomic E-state index is 0.166. The first-order valence-electron chi connectivity index (χ1n) is 5.54. The molecule has 0 saturated heterocycles. The maximum atomic E-state index is 6.13. The molecule has 1 aromatic heterocycles. The Bertz CT molecular complexity index is 688. The molecule has 2 heterocycles. The number of ether oxygens (including phenoxy) is 2. The van der Waals surface area contributed by atoms with Gasteiger partial charge < -0.3 is 19.8 Å². The van der Waals surface area contributed by atoms with Crippen LogP contribution in [0.1, 0.15) is 0 Å². The first-order valence-corrected chi connectivity index (χ1v) is 5.92. The van der Waals surface area contributed by atoms with Crippen molar-refractivity contribution >= 4 is 17.4 Å². The molecule has 0 amide bonds. The van der Waals surface area contributed by atoms with E-state index in [-0.39, 0.29) is 6.79 Å². The molecule has 96 valence electrons. The Morgan fingerprint density at radius 1 is 1.47 bits per heavy atom. The Labute approximate surface area is 114 Å². The molecule has 0 fully saturated rings. The van der Waals surface area contributed by atoms with Crippen molar-refractivity contribution in [1.29, 1.82) is 0 Å². The zero-order chi connectivity index (χ0) is 13.4. The van der Waals surface area contributed by atoms with E-state index in [1.807, 2.05) is 0 Å². The maximum absolute atomic E-state index is 6.13. The van der Waals surface area contributed by atoms with Crippen molar-refractivity contribution in [2.75, 3.05) is 12.5 Å². The second-order valence-electron chi connectivity index (χ2n) is 4.00. The predicted octanol–water partition coefficient (Wildman–Crippen LogP) is 2.15. The molecule has 19 heavy (non-hydrogen) atoms. The summed E-state index contributed by atoms with van der Waals surface area (Å²) in [6.45, 7) is 0.538. The first-order chi connectivity index (χ1) is 9.20. The fraction of sp³-hybridized carbons (Fsp3) is 0.154. The standard InChI is InChI=1S/C13H10ClN3O2/c1-2-3-17-6-16-11(13(17)15)8-4-9(14)12-10(5-8)18-7-19-12/h1,4-6H,3,7,15H2. The Morgan fingerprint density at radius 2 is 2.32 bits per heavy atom. The van der Waals surface area contributed by atoms with E-state index >= 15 is 0 Å². The topological polar surface area (TPSA) is 62.3 Å². The summed E-state index contributed by atoms with van der Waals surface area (Å²) in [7, 11) is 0. The molecule has 0 aliphatic carbocycles. The second-order valence-corrected chi connectivity index (χ2v) is 4.41. The van der Waals surface area contributed by atoms with Gasteiger partial charge in [-0.05, 0) is 12.1 Å². The van der Waals surface area contributed by atoms with Crippen molar-refractivity contribution < 1.29 is 9.47 Å². The van der Waals surface area contributed by atoms with Gasteiger partial charge in [0.2, 0.25) is 6.79 Å². The lowest BCUT2D eigenvalue weighted by Gasteiger charge is -2.05. The van der Waals surface area contributed by atoms with Crippen LogP contribution in [0, 0.1) is 12.3 Å². The van der Waals surface area contributed by atoms with E-state index in [1.165, 1.54) is 0 Å². The highest BCUT2D eigenvalue weighted by Gasteiger charge is 2.20. The molecule has 0 radical (unpaired) electrons. The predicted molar refractivity (Wildman–Crippen MR) is 72.0 cm³/mol. The van der Waals surface area contributed by atoms with Crippen LogP contribution in [-0.2, 0) is 6.54 Å². The van der Waals surface area contributed by atoms with Gasteiger partial charge in [-0.3, -0.25) is 0 Å². The highest BCUT2D eigenvalue weighted by Crippen LogP contribution is 2.42. The van der Waals surface area contributed by atoms with Crippen LogP contribution in [0.3, 0.4) is 0 Å². The molecule has 6 heteroatoms. The summed E-state index contributed by atoms with van der Waals surface area (Å²) >= 11 is 6.13. The van der Waals surface area contributed by atoms with Gasteiger partial charge in [0.05, 0.1) is 17.9 Å². The van der Waals surface area contributed by atoms with Crippen LogP contribution in [0.25, 0.3) is 11.3 Å². The zero-order valence-corrected chi connectivity index (χ0v) is 10.6. The number of hydrogen-bond donors (Lipinski definition) is 1. The number of benzene rings is 1. The normalized spacial score (nSPS) is 12.4. The molecule has 1 aliphatic rings. The summed E-state index contributed by atoms with van der Waals surface area (Å²) in [4.78, 5) is 4.26. The van der Waals surface area contributed by atoms with Gasteiger partial charge in [-0.15, -0.1) is 6.42 Å². The molecule has 1 aliphatic heterocycles. The van der Waals surface area contributed by atoms with Gasteiger partial charge in [-0.2, -0.15) is 0 Å². The van der Waals surface area contributed by atoms with Crippen LogP contribution in [0.15, 0.2) is 18.5 Å². The van der Waals surface area contributed by atoms with Crippen LogP contribution in [-0.4, -0.2) is 16.3 Å². The number of fused-ring (bicyclic) bond motifs is 1. The molecule has 0 unspecified atom stereocenters. The van der Waals surface area contributed by atoms with E-state index in [0.717, 1.165) is 5.56 Å². The number of halogens is 1. The first kappa shape index (κ1) is 11.8. The SMILES string of the molecule is C#CCn1cnc(-c2cc(Cl)c3c(c2)OCO3)c1N. The molecule has 2 N–H and O–H groups in total. The number of rotatable bonds is 2. The summed E-state index contributed by atoms with van der Waals surface area (Å²) in [6, 6.07) is 3.54. The number of hydrogen-bond acceptors (Lipinski definition) is 4. The van der Waals surface area contributed by atoms with Crippen molar-refractivity contribution in [3.63, 3.8) is 0 Å². The third kappa shape index (κ3) is 1.86. The van der Waals surface area contributed by atoms with Crippen molar-refractivity contribution in [2.24, 2.45) is 0 Å². The van der Waals surface area contributed by atoms with E-state index in [2.05, 4.69) is 10.9 Å². The Balaban J connectivity index is 2.08. The molecule has 0 saturated carbocycles. The minimum atomic E-state index is 0.166. The minimum Gasteiger partial charge on any atom is -0.454 e. The van der Waals surface area contributed by atoms with Crippen molar-refractivity contribution in [3.05, 3.63) is 23.5 Å². The molecule has 0 spiro atoms. The average molecular weight is 276 g/mol. The number of nitrogen functional groups attached to an aromatic ring is 1. The summed E-state index contributed by atoms with van der Waals surface area (Å²) < 4.78 is 12.3. The van der Waals surface area contributed by atoms with Gasteiger partial charge in [0.15, 0.2) is 11.5 Å². The fourth-order valence-electron chi connectivity index (χ4n) is 1.94. The number of imidazole rings is 1. The lowest BCUT2D eigenvalue weighted by molar-refractivity contribution is 0.174. The molecule has 2 aromatic rings. The summed E-state index contributed by atoms with van der Waals surface area (Å²) in [6.07, 6.45) is 6.86. The van der Waals surface area contributed by atoms with Crippen molar-refractivity contribution in [1.82, 2.24) is 9.55 Å². The monoisotopic (exact) mass is 275 g/mol. The Morgan fingerprint density at radius 3 is 3.11 bits per heavy atom. The average Bonchev–Trinajstić information content (AvgIpc) is 2.98. The van der Waals surface area contributed by atoms with E-state index in [0.29, 0.717) is 34.6 Å². The number of anilines is 1. The number of nitrogens with two attached hydrogens (primary N) is 1. The van der Waals surface area contributed by atoms with Gasteiger partial charge in [0, 0.05) is 5.56 Å². The molecule has 5 nitrogen and oxygen atoms in total. The lowest BCUT2D eigenvalue weighted by Crippen LogP contribution is -2.00. The van der Waals surface area contributed by atoms with Crippen LogP contribution in [0.5, 0.6) is 11.5 Å². The fourth-order valence-corrected chi connectivity index (χ4v) is 2.21. The molecule has 0 bridgehead atoms. The Kier molecular flexibility index (Phi) is 2.73. The largest absolute Gasteiger partial charge is 0.454 e. The summed E-state index contributed by atoms with van der Waals surface area (Å²) in [5.41, 5.74) is 7.39. The Hall–Kier alpha value is -2.32. The zero-order valence-electron chi connectivity index (χ0n) is 9.89. The molecule has 0 atom stereocenters. The summed E-state index contributed by atoms with van der Waals surface area (Å²) in [5, 5.41) is 0.468. The highest BCUT2D eigenvalue weighted by atomic mass is 35.5. The molecule has 1 aromatic carbocycles. The number of nitrogens with zero attached hydrogens (tertiary/aromatic N) is 2. The second kappa shape index (κ2) is 4.41. The third-order valence-electron chi connectivity index (χ3n) is 2.84. The molecule has 3 rings (SSSR count). The van der Waals surface area contributed by atoms with E-state index in [9.17, 15) is 0 Å². The van der Waals surface area contributed by atoms with Gasteiger partial charge in [-0.25, -0.2) is 4.98 Å². The maximum Gasteiger partial charge on any atom is 0.231 e. The van der Waals surface area contributed by atoms with Gasteiger partial charge in [-0.1, -0.05) is 17.5 Å². The smallest absolute Gasteiger partial charge is 0.231 e. The van der Waals surface area contributed by atoms with Crippen molar-refractivity contribution in [2.45, 2.75) is 6.54 Å². The molecular formula is C13H10ClN3O2. The summed E-state index contributed by atoms with van der Waals surface area (Å²) in [5.74, 6) is 4.15. The van der Waals surface area contributed by atoms with E-state index in [4.69, 9.17) is 33.2 Å². The van der Waals surface area contributed by atoms with Crippen LogP contribution >= 0.6 is 11.6 Å². The van der Waals surface area contributed by atoms with Crippen LogP contribution < -0.4 is 15.2 Å². The van der Waals surface area contributed by atoms with E-state index in [1.54, 1.807) is 23.0 Å². The third-order valence-corrected chi connectivity index (χ3v) is 3.12. The quantitative estimate of drug-likeness (QED) is 0.853. The highest BCUT2D eigenvalue weighted by molar-refractivity contribution is 6.32. The number of terminal acetylenes is 1. The molecular weight excluding hydrogens is 266 g/mol. The van der Waals surface area contributed by atoms with Gasteiger partial charge in [0.25, 0.3) is 0 Å². The number of aromatic nitrogens is 2. The van der Waals surface area contributed by atoms with Crippen LogP contribution in [0.2, 0.25) is 5.02 Å². The van der Waals surface area contributed by atoms with Crippen LogP contribution in [0.4, 0.5) is 5.82 Å². The van der Waals surface area contributed by atoms with Gasteiger partial charge >= 0.3 is 0 Å². The van der Waals surface area contributed by atoms with Gasteiger partial charge in [0.1, 0.15) is 11.5 Å². The van der Waals surface area contributed by atoms with Crippen molar-refractivity contribution in [3.8, 4) is 35.1 Å².